The van der Waals surface area contributed by atoms with Crippen molar-refractivity contribution in [3.63, 3.8) is 0 Å². The van der Waals surface area contributed by atoms with Gasteiger partial charge in [-0.2, -0.15) is 0 Å². The fourth-order valence-electron chi connectivity index (χ4n) is 0.964. The highest BCUT2D eigenvalue weighted by atomic mass is 32.1. The third-order valence-electron chi connectivity index (χ3n) is 1.55. The lowest BCUT2D eigenvalue weighted by atomic mass is 10.4. The molecule has 6 heteroatoms. The number of thiophene rings is 1. The lowest BCUT2D eigenvalue weighted by molar-refractivity contribution is 0.0702. The number of aromatic nitrogens is 2. The van der Waals surface area contributed by atoms with Crippen molar-refractivity contribution >= 4 is 17.3 Å². The molecule has 0 radical (unpaired) electrons. The molecule has 0 aliphatic carbocycles. The Kier molecular flexibility index (Phi) is 4.19. The molecule has 0 saturated carbocycles. The molecule has 2 heterocycles. The van der Waals surface area contributed by atoms with Crippen LogP contribution in [0.2, 0.25) is 0 Å². The molecule has 0 unspecified atom stereocenters. The molecule has 0 amide bonds. The van der Waals surface area contributed by atoms with Gasteiger partial charge in [0.05, 0.1) is 4.88 Å². The number of aromatic carboxylic acids is 1. The molecule has 2 aromatic heterocycles. The second-order valence-corrected chi connectivity index (χ2v) is 3.68. The molecule has 2 rings (SSSR count). The number of carbonyl (C=O) groups is 1. The number of aryl methyl sites for hydroxylation is 1. The summed E-state index contributed by atoms with van der Waals surface area (Å²) >= 11 is 1.11. The average molecular weight is 240 g/mol. The Labute approximate surface area is 96.8 Å². The molecule has 2 aromatic rings. The summed E-state index contributed by atoms with van der Waals surface area (Å²) in [5.41, 5.74) is 0. The maximum absolute atomic E-state index is 10.6. The monoisotopic (exact) mass is 240 g/mol. The number of carboxylic acids is 1. The zero-order valence-electron chi connectivity index (χ0n) is 9.22. The maximum Gasteiger partial charge on any atom is 0.345 e. The number of hydrogen-bond donors (Lipinski definition) is 1. The maximum atomic E-state index is 10.6. The predicted octanol–water partition coefficient (Wildman–Crippen LogP) is 2.83. The summed E-state index contributed by atoms with van der Waals surface area (Å²) in [7, 11) is 0. The van der Waals surface area contributed by atoms with E-state index in [9.17, 15) is 4.79 Å². The highest BCUT2D eigenvalue weighted by molar-refractivity contribution is 7.17. The van der Waals surface area contributed by atoms with Crippen LogP contribution in [0.1, 0.15) is 29.4 Å². The minimum absolute atomic E-state index is 0.260. The number of nitrogens with zero attached hydrogens (tertiary/aromatic N) is 2. The molecule has 5 nitrogen and oxygen atoms in total. The number of hydrogen-bond acceptors (Lipinski definition) is 5. The summed E-state index contributed by atoms with van der Waals surface area (Å²) in [6.07, 6.45) is 0. The van der Waals surface area contributed by atoms with Crippen LogP contribution >= 0.6 is 11.3 Å². The fourth-order valence-corrected chi connectivity index (χ4v) is 1.73. The highest BCUT2D eigenvalue weighted by Gasteiger charge is 2.12. The highest BCUT2D eigenvalue weighted by Crippen LogP contribution is 2.26. The van der Waals surface area contributed by atoms with Gasteiger partial charge in [-0.05, 0) is 12.1 Å². The van der Waals surface area contributed by atoms with Crippen molar-refractivity contribution in [2.24, 2.45) is 0 Å². The van der Waals surface area contributed by atoms with Gasteiger partial charge in [-0.25, -0.2) is 4.79 Å². The van der Waals surface area contributed by atoms with Crippen LogP contribution in [0.3, 0.4) is 0 Å². The molecule has 0 aliphatic rings. The Bertz CT molecular complexity index is 476. The van der Waals surface area contributed by atoms with E-state index < -0.39 is 5.97 Å². The lowest BCUT2D eigenvalue weighted by Gasteiger charge is -1.85. The van der Waals surface area contributed by atoms with Gasteiger partial charge < -0.3 is 9.52 Å². The molecule has 86 valence electrons. The van der Waals surface area contributed by atoms with Gasteiger partial charge in [0.1, 0.15) is 4.88 Å². The summed E-state index contributed by atoms with van der Waals surface area (Å²) < 4.78 is 5.16. The second-order valence-electron chi connectivity index (χ2n) is 2.60. The number of carboxylic acid groups (broad SMARTS) is 1. The molecule has 0 bridgehead atoms. The summed E-state index contributed by atoms with van der Waals surface area (Å²) in [5.74, 6) is -0.122. The summed E-state index contributed by atoms with van der Waals surface area (Å²) in [5, 5.41) is 16.1. The first-order valence-corrected chi connectivity index (χ1v) is 5.62. The number of rotatable bonds is 2. The molecule has 0 fully saturated rings. The van der Waals surface area contributed by atoms with Gasteiger partial charge in [-0.3, -0.25) is 0 Å². The SMILES string of the molecule is CC.Cc1nnc(-c2ccc(C(=O)O)s2)o1. The molecular formula is C10H12N2O3S. The first kappa shape index (κ1) is 12.4. The van der Waals surface area contributed by atoms with Gasteiger partial charge in [0, 0.05) is 6.92 Å². The van der Waals surface area contributed by atoms with Crippen molar-refractivity contribution in [2.75, 3.05) is 0 Å². The zero-order chi connectivity index (χ0) is 12.1. The quantitative estimate of drug-likeness (QED) is 0.873. The van der Waals surface area contributed by atoms with E-state index >= 15 is 0 Å². The molecular weight excluding hydrogens is 228 g/mol. The standard InChI is InChI=1S/C8H6N2O3S.C2H6/c1-4-9-10-7(13-4)5-2-3-6(14-5)8(11)12;1-2/h2-3H,1H3,(H,11,12);1-2H3. The van der Waals surface area contributed by atoms with Crippen molar-refractivity contribution in [1.29, 1.82) is 0 Å². The molecule has 16 heavy (non-hydrogen) atoms. The topological polar surface area (TPSA) is 76.2 Å². The van der Waals surface area contributed by atoms with Crippen molar-refractivity contribution in [2.45, 2.75) is 20.8 Å². The van der Waals surface area contributed by atoms with E-state index in [0.29, 0.717) is 16.7 Å². The molecule has 0 aliphatic heterocycles. The zero-order valence-corrected chi connectivity index (χ0v) is 10.0. The molecule has 1 N–H and O–H groups in total. The third-order valence-corrected chi connectivity index (χ3v) is 2.61. The van der Waals surface area contributed by atoms with Crippen LogP contribution < -0.4 is 0 Å². The van der Waals surface area contributed by atoms with E-state index in [1.165, 1.54) is 6.07 Å². The normalized spacial score (nSPS) is 9.44. The van der Waals surface area contributed by atoms with Gasteiger partial charge in [-0.1, -0.05) is 13.8 Å². The van der Waals surface area contributed by atoms with Crippen LogP contribution in [0, 0.1) is 6.92 Å². The van der Waals surface area contributed by atoms with E-state index in [1.807, 2.05) is 13.8 Å². The molecule has 0 atom stereocenters. The summed E-state index contributed by atoms with van der Waals surface area (Å²) in [6, 6.07) is 3.17. The minimum atomic E-state index is -0.947. The van der Waals surface area contributed by atoms with Crippen molar-refractivity contribution in [3.05, 3.63) is 22.9 Å². The summed E-state index contributed by atoms with van der Waals surface area (Å²) in [4.78, 5) is 11.5. The Morgan fingerprint density at radius 2 is 2.06 bits per heavy atom. The first-order valence-electron chi connectivity index (χ1n) is 4.80. The fraction of sp³-hybridized carbons (Fsp3) is 0.300. The van der Waals surface area contributed by atoms with Gasteiger partial charge in [0.25, 0.3) is 5.89 Å². The lowest BCUT2D eigenvalue weighted by Crippen LogP contribution is -1.89. The Morgan fingerprint density at radius 3 is 2.50 bits per heavy atom. The predicted molar refractivity (Wildman–Crippen MR) is 60.7 cm³/mol. The van der Waals surface area contributed by atoms with Crippen LogP contribution in [-0.2, 0) is 0 Å². The van der Waals surface area contributed by atoms with E-state index in [4.69, 9.17) is 9.52 Å². The van der Waals surface area contributed by atoms with Crippen LogP contribution in [0.5, 0.6) is 0 Å². The molecule has 0 saturated heterocycles. The van der Waals surface area contributed by atoms with Crippen LogP contribution in [-0.4, -0.2) is 21.3 Å². The van der Waals surface area contributed by atoms with Gasteiger partial charge in [-0.15, -0.1) is 21.5 Å². The average Bonchev–Trinajstić information content (AvgIpc) is 2.88. The molecule has 0 aromatic carbocycles. The van der Waals surface area contributed by atoms with Gasteiger partial charge in [0.15, 0.2) is 0 Å². The Balaban J connectivity index is 0.000000606. The second kappa shape index (κ2) is 5.41. The van der Waals surface area contributed by atoms with Crippen LogP contribution in [0.4, 0.5) is 0 Å². The van der Waals surface area contributed by atoms with Crippen molar-refractivity contribution in [1.82, 2.24) is 10.2 Å². The summed E-state index contributed by atoms with van der Waals surface area (Å²) in [6.45, 7) is 5.68. The third kappa shape index (κ3) is 2.66. The van der Waals surface area contributed by atoms with Gasteiger partial charge in [0.2, 0.25) is 5.89 Å². The molecule has 0 spiro atoms. The Morgan fingerprint density at radius 1 is 1.38 bits per heavy atom. The van der Waals surface area contributed by atoms with E-state index in [2.05, 4.69) is 10.2 Å². The van der Waals surface area contributed by atoms with Gasteiger partial charge >= 0.3 is 5.97 Å². The minimum Gasteiger partial charge on any atom is -0.477 e. The van der Waals surface area contributed by atoms with E-state index in [1.54, 1.807) is 13.0 Å². The van der Waals surface area contributed by atoms with Crippen LogP contribution in [0.25, 0.3) is 10.8 Å². The van der Waals surface area contributed by atoms with Crippen molar-refractivity contribution < 1.29 is 14.3 Å². The van der Waals surface area contributed by atoms with Crippen molar-refractivity contribution in [3.8, 4) is 10.8 Å². The van der Waals surface area contributed by atoms with Crippen LogP contribution in [0.15, 0.2) is 16.5 Å². The largest absolute Gasteiger partial charge is 0.477 e. The van der Waals surface area contributed by atoms with E-state index in [-0.39, 0.29) is 4.88 Å². The smallest absolute Gasteiger partial charge is 0.345 e. The Hall–Kier alpha value is -1.69. The first-order chi connectivity index (χ1) is 7.66. The van der Waals surface area contributed by atoms with E-state index in [0.717, 1.165) is 11.3 Å².